The second-order valence-corrected chi connectivity index (χ2v) is 5.32. The second kappa shape index (κ2) is 4.02. The minimum absolute atomic E-state index is 0.452. The molecule has 0 saturated heterocycles. The van der Waals surface area contributed by atoms with Crippen LogP contribution >= 0.6 is 0 Å². The van der Waals surface area contributed by atoms with E-state index in [0.717, 1.165) is 18.0 Å². The molecule has 1 saturated carbocycles. The van der Waals surface area contributed by atoms with E-state index in [1.807, 2.05) is 18.3 Å². The zero-order chi connectivity index (χ0) is 11.7. The van der Waals surface area contributed by atoms with Crippen molar-refractivity contribution < 1.29 is 0 Å². The van der Waals surface area contributed by atoms with Crippen LogP contribution in [0, 0.1) is 5.41 Å². The molecule has 0 bridgehead atoms. The van der Waals surface area contributed by atoms with Gasteiger partial charge in [0.05, 0.1) is 6.20 Å². The fourth-order valence-corrected chi connectivity index (χ4v) is 2.62. The highest BCUT2D eigenvalue weighted by Crippen LogP contribution is 2.37. The summed E-state index contributed by atoms with van der Waals surface area (Å²) < 4.78 is 1.78. The molecule has 4 nitrogen and oxygen atoms in total. The molecule has 17 heavy (non-hydrogen) atoms. The first-order chi connectivity index (χ1) is 8.25. The van der Waals surface area contributed by atoms with Crippen LogP contribution in [0.2, 0.25) is 0 Å². The maximum atomic E-state index is 4.52. The first-order valence-corrected chi connectivity index (χ1v) is 6.30. The highest BCUT2D eigenvalue weighted by Gasteiger charge is 2.28. The van der Waals surface area contributed by atoms with Crippen LogP contribution in [-0.2, 0) is 0 Å². The van der Waals surface area contributed by atoms with Gasteiger partial charge in [0.25, 0.3) is 0 Å². The van der Waals surface area contributed by atoms with Crippen molar-refractivity contribution in [3.63, 3.8) is 0 Å². The zero-order valence-electron chi connectivity index (χ0n) is 10.2. The van der Waals surface area contributed by atoms with Gasteiger partial charge in [0.2, 0.25) is 0 Å². The maximum absolute atomic E-state index is 4.52. The van der Waals surface area contributed by atoms with Gasteiger partial charge in [0.1, 0.15) is 5.82 Å². The zero-order valence-corrected chi connectivity index (χ0v) is 10.2. The van der Waals surface area contributed by atoms with Crippen molar-refractivity contribution in [2.45, 2.75) is 32.6 Å². The molecule has 90 valence electrons. The van der Waals surface area contributed by atoms with E-state index in [4.69, 9.17) is 0 Å². The van der Waals surface area contributed by atoms with Gasteiger partial charge in [0, 0.05) is 18.8 Å². The van der Waals surface area contributed by atoms with Crippen LogP contribution in [0.4, 0.5) is 5.82 Å². The normalized spacial score (nSPS) is 18.6. The Kier molecular flexibility index (Phi) is 2.50. The average molecular weight is 230 g/mol. The van der Waals surface area contributed by atoms with Crippen LogP contribution in [0.25, 0.3) is 5.65 Å². The molecule has 2 aromatic rings. The van der Waals surface area contributed by atoms with Gasteiger partial charge in [-0.05, 0) is 24.3 Å². The quantitative estimate of drug-likeness (QED) is 0.881. The first kappa shape index (κ1) is 10.6. The second-order valence-electron chi connectivity index (χ2n) is 5.32. The van der Waals surface area contributed by atoms with Gasteiger partial charge >= 0.3 is 0 Å². The van der Waals surface area contributed by atoms with Crippen LogP contribution in [0.1, 0.15) is 32.6 Å². The van der Waals surface area contributed by atoms with Crippen LogP contribution in [0.15, 0.2) is 24.5 Å². The Morgan fingerprint density at radius 2 is 2.18 bits per heavy atom. The Hall–Kier alpha value is -1.58. The third-order valence-electron chi connectivity index (χ3n) is 3.76. The van der Waals surface area contributed by atoms with Gasteiger partial charge in [-0.25, -0.2) is 9.50 Å². The van der Waals surface area contributed by atoms with Crippen molar-refractivity contribution in [2.75, 3.05) is 11.9 Å². The number of hydrogen-bond acceptors (Lipinski definition) is 3. The molecule has 0 radical (unpaired) electrons. The van der Waals surface area contributed by atoms with Crippen molar-refractivity contribution >= 4 is 11.5 Å². The van der Waals surface area contributed by atoms with Gasteiger partial charge < -0.3 is 5.32 Å². The van der Waals surface area contributed by atoms with E-state index in [0.29, 0.717) is 5.41 Å². The van der Waals surface area contributed by atoms with Crippen molar-refractivity contribution in [3.8, 4) is 0 Å². The molecule has 1 aliphatic rings. The molecule has 1 fully saturated rings. The number of nitrogens with zero attached hydrogens (tertiary/aromatic N) is 3. The lowest BCUT2D eigenvalue weighted by Crippen LogP contribution is -2.23. The van der Waals surface area contributed by atoms with Crippen molar-refractivity contribution in [2.24, 2.45) is 5.41 Å². The summed E-state index contributed by atoms with van der Waals surface area (Å²) >= 11 is 0. The predicted molar refractivity (Wildman–Crippen MR) is 68.1 cm³/mol. The van der Waals surface area contributed by atoms with E-state index in [1.54, 1.807) is 10.7 Å². The SMILES string of the molecule is CC1(CNc2ccn3nccc3n2)CCCC1. The summed E-state index contributed by atoms with van der Waals surface area (Å²) in [7, 11) is 0. The molecule has 0 amide bonds. The third kappa shape index (κ3) is 2.12. The van der Waals surface area contributed by atoms with E-state index >= 15 is 0 Å². The third-order valence-corrected chi connectivity index (χ3v) is 3.76. The molecule has 0 spiro atoms. The summed E-state index contributed by atoms with van der Waals surface area (Å²) in [5.74, 6) is 0.950. The Balaban J connectivity index is 1.71. The number of fused-ring (bicyclic) bond motifs is 1. The minimum atomic E-state index is 0.452. The van der Waals surface area contributed by atoms with E-state index in [2.05, 4.69) is 22.3 Å². The number of anilines is 1. The fraction of sp³-hybridized carbons (Fsp3) is 0.538. The molecule has 1 N–H and O–H groups in total. The highest BCUT2D eigenvalue weighted by molar-refractivity contribution is 5.45. The van der Waals surface area contributed by atoms with Crippen molar-refractivity contribution in [3.05, 3.63) is 24.5 Å². The topological polar surface area (TPSA) is 42.2 Å². The Labute approximate surface area is 101 Å². The molecule has 2 heterocycles. The van der Waals surface area contributed by atoms with Gasteiger partial charge in [-0.1, -0.05) is 19.8 Å². The molecule has 1 aliphatic carbocycles. The Bertz CT molecular complexity index is 511. The monoisotopic (exact) mass is 230 g/mol. The largest absolute Gasteiger partial charge is 0.369 e. The predicted octanol–water partition coefficient (Wildman–Crippen LogP) is 2.72. The van der Waals surface area contributed by atoms with Gasteiger partial charge in [-0.2, -0.15) is 5.10 Å². The van der Waals surface area contributed by atoms with Crippen molar-refractivity contribution in [1.82, 2.24) is 14.6 Å². The molecule has 0 unspecified atom stereocenters. The molecular formula is C13H18N4. The molecule has 4 heteroatoms. The lowest BCUT2D eigenvalue weighted by Gasteiger charge is -2.23. The number of rotatable bonds is 3. The number of aromatic nitrogens is 3. The summed E-state index contributed by atoms with van der Waals surface area (Å²) in [5.41, 5.74) is 1.35. The molecular weight excluding hydrogens is 212 g/mol. The fourth-order valence-electron chi connectivity index (χ4n) is 2.62. The van der Waals surface area contributed by atoms with Crippen molar-refractivity contribution in [1.29, 1.82) is 0 Å². The molecule has 3 rings (SSSR count). The Morgan fingerprint density at radius 3 is 3.00 bits per heavy atom. The minimum Gasteiger partial charge on any atom is -0.369 e. The van der Waals surface area contributed by atoms with Crippen LogP contribution < -0.4 is 5.32 Å². The number of nitrogens with one attached hydrogen (secondary N) is 1. The van der Waals surface area contributed by atoms with E-state index in [9.17, 15) is 0 Å². The summed E-state index contributed by atoms with van der Waals surface area (Å²) in [4.78, 5) is 4.52. The molecule has 0 aromatic carbocycles. The smallest absolute Gasteiger partial charge is 0.157 e. The maximum Gasteiger partial charge on any atom is 0.157 e. The highest BCUT2D eigenvalue weighted by atomic mass is 15.2. The summed E-state index contributed by atoms with van der Waals surface area (Å²) in [5, 5.41) is 7.59. The van der Waals surface area contributed by atoms with Crippen LogP contribution in [0.3, 0.4) is 0 Å². The van der Waals surface area contributed by atoms with Gasteiger partial charge in [-0.3, -0.25) is 0 Å². The number of hydrogen-bond donors (Lipinski definition) is 1. The van der Waals surface area contributed by atoms with E-state index in [1.165, 1.54) is 25.7 Å². The van der Waals surface area contributed by atoms with Crippen LogP contribution in [0.5, 0.6) is 0 Å². The van der Waals surface area contributed by atoms with E-state index in [-0.39, 0.29) is 0 Å². The molecule has 0 atom stereocenters. The summed E-state index contributed by atoms with van der Waals surface area (Å²) in [6, 6.07) is 3.90. The Morgan fingerprint density at radius 1 is 1.35 bits per heavy atom. The summed E-state index contributed by atoms with van der Waals surface area (Å²) in [6.45, 7) is 3.38. The standard InChI is InChI=1S/C13H18N4/c1-13(6-2-3-7-13)10-14-11-5-9-17-12(16-11)4-8-15-17/h4-5,8-9H,2-3,6-7,10H2,1H3,(H,14,16). The molecule has 2 aromatic heterocycles. The van der Waals surface area contributed by atoms with Gasteiger partial charge in [0.15, 0.2) is 5.65 Å². The first-order valence-electron chi connectivity index (χ1n) is 6.30. The van der Waals surface area contributed by atoms with Crippen LogP contribution in [-0.4, -0.2) is 21.1 Å². The summed E-state index contributed by atoms with van der Waals surface area (Å²) in [6.07, 6.45) is 9.11. The lowest BCUT2D eigenvalue weighted by atomic mass is 9.89. The van der Waals surface area contributed by atoms with Gasteiger partial charge in [-0.15, -0.1) is 0 Å². The van der Waals surface area contributed by atoms with E-state index < -0.39 is 0 Å². The lowest BCUT2D eigenvalue weighted by molar-refractivity contribution is 0.361. The average Bonchev–Trinajstić information content (AvgIpc) is 2.95. The molecule has 0 aliphatic heterocycles.